The first-order valence-electron chi connectivity index (χ1n) is 17.7. The number of rotatable bonds is 17. The number of aliphatic hydroxyl groups is 3. The summed E-state index contributed by atoms with van der Waals surface area (Å²) in [6.45, 7) is 11.1. The average molecular weight is 633 g/mol. The van der Waals surface area contributed by atoms with Crippen molar-refractivity contribution in [1.29, 1.82) is 0 Å². The SMILES string of the molecule is CCCCCCCCCCCC(=O)O[C@@H]1[C@@H]2C=C(CO)[C@@H](O)[C@]3(O)[C@@H](OC(=O)CCCCC)C(C)=C[C@@]3(C2=O)[C@H](C)CC1(C)C. The van der Waals surface area contributed by atoms with Crippen LogP contribution in [0.25, 0.3) is 0 Å². The van der Waals surface area contributed by atoms with E-state index in [0.29, 0.717) is 24.8 Å². The van der Waals surface area contributed by atoms with Gasteiger partial charge in [0.1, 0.15) is 12.2 Å². The molecule has 3 aliphatic carbocycles. The van der Waals surface area contributed by atoms with E-state index < -0.39 is 64.9 Å². The Morgan fingerprint density at radius 3 is 1.98 bits per heavy atom. The molecule has 1 spiro atoms. The van der Waals surface area contributed by atoms with Crippen molar-refractivity contribution >= 4 is 17.7 Å². The van der Waals surface area contributed by atoms with Crippen LogP contribution in [0.5, 0.6) is 0 Å². The van der Waals surface area contributed by atoms with Crippen LogP contribution >= 0.6 is 0 Å². The molecule has 2 bridgehead atoms. The maximum absolute atomic E-state index is 14.8. The lowest BCUT2D eigenvalue weighted by Crippen LogP contribution is -2.65. The molecule has 0 saturated heterocycles. The highest BCUT2D eigenvalue weighted by molar-refractivity contribution is 5.95. The van der Waals surface area contributed by atoms with Crippen LogP contribution in [-0.2, 0) is 23.9 Å². The van der Waals surface area contributed by atoms with Crippen molar-refractivity contribution < 1.29 is 39.2 Å². The summed E-state index contributed by atoms with van der Waals surface area (Å²) >= 11 is 0. The molecule has 0 amide bonds. The Balaban J connectivity index is 1.85. The Morgan fingerprint density at radius 2 is 1.40 bits per heavy atom. The maximum Gasteiger partial charge on any atom is 0.306 e. The molecule has 3 N–H and O–H groups in total. The molecular formula is C37H60O8. The summed E-state index contributed by atoms with van der Waals surface area (Å²) < 4.78 is 12.0. The van der Waals surface area contributed by atoms with Crippen molar-refractivity contribution in [2.24, 2.45) is 22.7 Å². The highest BCUT2D eigenvalue weighted by atomic mass is 16.6. The Hall–Kier alpha value is -2.03. The molecule has 256 valence electrons. The number of carbonyl (C=O) groups excluding carboxylic acids is 3. The van der Waals surface area contributed by atoms with Gasteiger partial charge in [-0.2, -0.15) is 0 Å². The number of esters is 2. The number of carbonyl (C=O) groups is 3. The first-order valence-corrected chi connectivity index (χ1v) is 17.7. The molecule has 0 aromatic rings. The number of ether oxygens (including phenoxy) is 2. The summed E-state index contributed by atoms with van der Waals surface area (Å²) in [6.07, 6.45) is 12.8. The van der Waals surface area contributed by atoms with E-state index in [9.17, 15) is 29.7 Å². The van der Waals surface area contributed by atoms with Crippen LogP contribution in [0.15, 0.2) is 23.3 Å². The van der Waals surface area contributed by atoms with E-state index in [1.807, 2.05) is 27.7 Å². The molecule has 7 atom stereocenters. The van der Waals surface area contributed by atoms with E-state index in [4.69, 9.17) is 9.47 Å². The molecule has 0 aromatic carbocycles. The number of hydrogen-bond acceptors (Lipinski definition) is 8. The molecule has 8 nitrogen and oxygen atoms in total. The van der Waals surface area contributed by atoms with Crippen molar-refractivity contribution in [1.82, 2.24) is 0 Å². The van der Waals surface area contributed by atoms with Gasteiger partial charge in [0, 0.05) is 18.3 Å². The minimum Gasteiger partial charge on any atom is -0.461 e. The number of fused-ring (bicyclic) bond motifs is 1. The number of Topliss-reactive ketones (excluding diaryl/α,β-unsaturated/α-hetero) is 1. The Kier molecular flexibility index (Phi) is 13.5. The molecule has 0 heterocycles. The zero-order chi connectivity index (χ0) is 33.4. The number of aliphatic hydroxyl groups excluding tert-OH is 2. The summed E-state index contributed by atoms with van der Waals surface area (Å²) in [6, 6.07) is 0. The fourth-order valence-corrected chi connectivity index (χ4v) is 8.31. The zero-order valence-electron chi connectivity index (χ0n) is 28.7. The lowest BCUT2D eigenvalue weighted by atomic mass is 9.59. The zero-order valence-corrected chi connectivity index (χ0v) is 28.7. The topological polar surface area (TPSA) is 130 Å². The van der Waals surface area contributed by atoms with Crippen molar-refractivity contribution in [3.63, 3.8) is 0 Å². The number of hydrogen-bond donors (Lipinski definition) is 3. The van der Waals surface area contributed by atoms with Crippen molar-refractivity contribution in [3.8, 4) is 0 Å². The number of unbranched alkanes of at least 4 members (excludes halogenated alkanes) is 10. The van der Waals surface area contributed by atoms with Gasteiger partial charge in [0.15, 0.2) is 17.5 Å². The predicted octanol–water partition coefficient (Wildman–Crippen LogP) is 6.53. The third-order valence-corrected chi connectivity index (χ3v) is 10.7. The highest BCUT2D eigenvalue weighted by Crippen LogP contribution is 2.61. The van der Waals surface area contributed by atoms with Gasteiger partial charge in [0.25, 0.3) is 0 Å². The monoisotopic (exact) mass is 632 g/mol. The van der Waals surface area contributed by atoms with Crippen LogP contribution in [0.2, 0.25) is 0 Å². The molecule has 0 radical (unpaired) electrons. The summed E-state index contributed by atoms with van der Waals surface area (Å²) in [5, 5.41) is 34.8. The Labute approximate surface area is 271 Å². The van der Waals surface area contributed by atoms with Crippen molar-refractivity contribution in [2.45, 2.75) is 162 Å². The summed E-state index contributed by atoms with van der Waals surface area (Å²) in [4.78, 5) is 40.9. The van der Waals surface area contributed by atoms with Crippen LogP contribution in [-0.4, -0.2) is 63.6 Å². The molecule has 0 aromatic heterocycles. The highest BCUT2D eigenvalue weighted by Gasteiger charge is 2.73. The minimum absolute atomic E-state index is 0.0535. The maximum atomic E-state index is 14.8. The van der Waals surface area contributed by atoms with E-state index in [1.165, 1.54) is 38.2 Å². The second kappa shape index (κ2) is 16.2. The van der Waals surface area contributed by atoms with Crippen LogP contribution < -0.4 is 0 Å². The molecule has 0 unspecified atom stereocenters. The van der Waals surface area contributed by atoms with Gasteiger partial charge in [-0.25, -0.2) is 0 Å². The molecule has 0 aliphatic heterocycles. The van der Waals surface area contributed by atoms with Crippen molar-refractivity contribution in [3.05, 3.63) is 23.3 Å². The Bertz CT molecular complexity index is 1090. The first-order chi connectivity index (χ1) is 21.3. The standard InChI is InChI=1S/C37H60O8/c1-7-9-11-12-13-14-15-16-18-20-30(40)45-34-28-21-27(24-38)31(41)37(43)33(44-29(39)19-17-10-8-2)25(3)22-36(37,32(28)42)26(4)23-35(34,5)6/h21-22,26,28,31,33-34,38,41,43H,7-20,23-24H2,1-6H3/t26-,28-,31-,33+,34-,36+,37+/m1/s1. The third kappa shape index (κ3) is 7.76. The van der Waals surface area contributed by atoms with E-state index >= 15 is 0 Å². The smallest absolute Gasteiger partial charge is 0.306 e. The van der Waals surface area contributed by atoms with E-state index in [2.05, 4.69) is 6.92 Å². The molecular weight excluding hydrogens is 572 g/mol. The van der Waals surface area contributed by atoms with Crippen molar-refractivity contribution in [2.75, 3.05) is 6.61 Å². The number of ketones is 1. The molecule has 45 heavy (non-hydrogen) atoms. The van der Waals surface area contributed by atoms with Gasteiger partial charge in [-0.15, -0.1) is 0 Å². The molecule has 3 aliphatic rings. The minimum atomic E-state index is -2.23. The van der Waals surface area contributed by atoms with Gasteiger partial charge in [0.2, 0.25) is 0 Å². The van der Waals surface area contributed by atoms with Gasteiger partial charge >= 0.3 is 11.9 Å². The predicted molar refractivity (Wildman–Crippen MR) is 174 cm³/mol. The average Bonchev–Trinajstić information content (AvgIpc) is 3.15. The lowest BCUT2D eigenvalue weighted by Gasteiger charge is -2.48. The second-order valence-corrected chi connectivity index (χ2v) is 14.7. The van der Waals surface area contributed by atoms with Crippen LogP contribution in [0.4, 0.5) is 0 Å². The molecule has 1 fully saturated rings. The summed E-state index contributed by atoms with van der Waals surface area (Å²) in [5.41, 5.74) is -4.00. The van der Waals surface area contributed by atoms with E-state index in [1.54, 1.807) is 13.0 Å². The third-order valence-electron chi connectivity index (χ3n) is 10.7. The fraction of sp³-hybridized carbons (Fsp3) is 0.811. The van der Waals surface area contributed by atoms with Crippen LogP contribution in [0.1, 0.15) is 138 Å². The van der Waals surface area contributed by atoms with Gasteiger partial charge < -0.3 is 24.8 Å². The van der Waals surface area contributed by atoms with Gasteiger partial charge in [-0.1, -0.05) is 111 Å². The Morgan fingerprint density at radius 1 is 0.889 bits per heavy atom. The normalized spacial score (nSPS) is 32.2. The summed E-state index contributed by atoms with van der Waals surface area (Å²) in [5.74, 6) is -2.79. The first kappa shape index (κ1) is 37.4. The second-order valence-electron chi connectivity index (χ2n) is 14.7. The van der Waals surface area contributed by atoms with Gasteiger partial charge in [-0.05, 0) is 43.3 Å². The molecule has 3 rings (SSSR count). The molecule has 1 saturated carbocycles. The fourth-order valence-electron chi connectivity index (χ4n) is 8.31. The summed E-state index contributed by atoms with van der Waals surface area (Å²) in [7, 11) is 0. The van der Waals surface area contributed by atoms with Crippen LogP contribution in [0.3, 0.4) is 0 Å². The van der Waals surface area contributed by atoms with Gasteiger partial charge in [0.05, 0.1) is 17.9 Å². The quantitative estimate of drug-likeness (QED) is 0.0937. The van der Waals surface area contributed by atoms with E-state index in [0.717, 1.165) is 32.1 Å². The lowest BCUT2D eigenvalue weighted by molar-refractivity contribution is -0.203. The van der Waals surface area contributed by atoms with Crippen LogP contribution in [0, 0.1) is 22.7 Å². The molecule has 8 heteroatoms. The van der Waals surface area contributed by atoms with E-state index in [-0.39, 0.29) is 24.4 Å². The largest absolute Gasteiger partial charge is 0.461 e. The van der Waals surface area contributed by atoms with Gasteiger partial charge in [-0.3, -0.25) is 14.4 Å².